The second kappa shape index (κ2) is 7.52. The topological polar surface area (TPSA) is 72.8 Å². The lowest BCUT2D eigenvalue weighted by Crippen LogP contribution is -2.05. The molecule has 0 unspecified atom stereocenters. The summed E-state index contributed by atoms with van der Waals surface area (Å²) in [5.41, 5.74) is 0.738. The van der Waals surface area contributed by atoms with E-state index in [9.17, 15) is 9.90 Å². The summed E-state index contributed by atoms with van der Waals surface area (Å²) in [6.07, 6.45) is 4.91. The van der Waals surface area contributed by atoms with Crippen LogP contribution in [0.15, 0.2) is 50.5 Å². The van der Waals surface area contributed by atoms with Gasteiger partial charge in [-0.15, -0.1) is 6.58 Å². The molecule has 136 valence electrons. The first-order valence-electron chi connectivity index (χ1n) is 8.62. The van der Waals surface area contributed by atoms with Crippen LogP contribution >= 0.6 is 0 Å². The highest BCUT2D eigenvalue weighted by molar-refractivity contribution is 5.83. The Morgan fingerprint density at radius 2 is 1.96 bits per heavy atom. The monoisotopic (exact) mass is 354 g/mol. The third kappa shape index (κ3) is 3.52. The summed E-state index contributed by atoms with van der Waals surface area (Å²) in [6.45, 7) is 7.56. The van der Waals surface area contributed by atoms with Gasteiger partial charge in [0.15, 0.2) is 11.5 Å². The predicted molar refractivity (Wildman–Crippen MR) is 101 cm³/mol. The Labute approximate surface area is 151 Å². The fourth-order valence-electron chi connectivity index (χ4n) is 2.77. The van der Waals surface area contributed by atoms with Crippen molar-refractivity contribution in [3.63, 3.8) is 0 Å². The largest absolute Gasteiger partial charge is 0.507 e. The molecule has 0 saturated carbocycles. The third-order valence-electron chi connectivity index (χ3n) is 4.33. The molecule has 0 amide bonds. The van der Waals surface area contributed by atoms with E-state index in [0.29, 0.717) is 23.5 Å². The Morgan fingerprint density at radius 3 is 2.73 bits per heavy atom. The summed E-state index contributed by atoms with van der Waals surface area (Å²) in [6, 6.07) is 7.33. The molecule has 1 aromatic carbocycles. The molecule has 0 fully saturated rings. The van der Waals surface area contributed by atoms with E-state index < -0.39 is 5.63 Å². The maximum absolute atomic E-state index is 11.9. The minimum absolute atomic E-state index is 0.0692. The normalized spacial score (nSPS) is 11.0. The summed E-state index contributed by atoms with van der Waals surface area (Å²) in [4.78, 5) is 11.9. The zero-order chi connectivity index (χ0) is 18.7. The van der Waals surface area contributed by atoms with Crippen LogP contribution < -0.4 is 10.4 Å². The van der Waals surface area contributed by atoms with Crippen molar-refractivity contribution in [1.29, 1.82) is 0 Å². The molecule has 0 aliphatic heterocycles. The number of fused-ring (bicyclic) bond motifs is 1. The number of ether oxygens (including phenoxy) is 1. The number of aromatic hydroxyl groups is 1. The molecule has 5 heteroatoms. The lowest BCUT2D eigenvalue weighted by molar-refractivity contribution is 0.307. The standard InChI is InChI=1S/C21H22O5/c1-4-5-6-7-10-24-16-8-9-17-15(11-16)12-18(25-17)20-13(2)19(22)14(3)21(23)26-20/h4,8-9,11-12,22H,1,5-7,10H2,2-3H3. The number of rotatable bonds is 7. The van der Waals surface area contributed by atoms with E-state index in [4.69, 9.17) is 13.6 Å². The molecule has 26 heavy (non-hydrogen) atoms. The summed E-state index contributed by atoms with van der Waals surface area (Å²) in [7, 11) is 0. The third-order valence-corrected chi connectivity index (χ3v) is 4.33. The molecule has 3 aromatic rings. The van der Waals surface area contributed by atoms with Crippen molar-refractivity contribution in [3.05, 3.63) is 58.5 Å². The average Bonchev–Trinajstić information content (AvgIpc) is 3.05. The Balaban J connectivity index is 1.86. The van der Waals surface area contributed by atoms with Crippen molar-refractivity contribution < 1.29 is 18.7 Å². The number of benzene rings is 1. The van der Waals surface area contributed by atoms with Gasteiger partial charge in [-0.25, -0.2) is 4.79 Å². The minimum Gasteiger partial charge on any atom is -0.507 e. The summed E-state index contributed by atoms with van der Waals surface area (Å²) in [5.74, 6) is 1.32. The van der Waals surface area contributed by atoms with E-state index in [1.165, 1.54) is 6.92 Å². The van der Waals surface area contributed by atoms with E-state index in [0.717, 1.165) is 30.4 Å². The maximum Gasteiger partial charge on any atom is 0.343 e. The average molecular weight is 354 g/mol. The first-order chi connectivity index (χ1) is 12.5. The van der Waals surface area contributed by atoms with Crippen LogP contribution in [-0.4, -0.2) is 11.7 Å². The second-order valence-electron chi connectivity index (χ2n) is 6.26. The van der Waals surface area contributed by atoms with Crippen LogP contribution in [0.1, 0.15) is 30.4 Å². The number of furan rings is 1. The SMILES string of the molecule is C=CCCCCOc1ccc2oc(-c3oc(=O)c(C)c(O)c3C)cc2c1. The predicted octanol–water partition coefficient (Wildman–Crippen LogP) is 5.11. The van der Waals surface area contributed by atoms with Gasteiger partial charge in [-0.2, -0.15) is 0 Å². The van der Waals surface area contributed by atoms with Crippen molar-refractivity contribution in [2.45, 2.75) is 33.1 Å². The van der Waals surface area contributed by atoms with Crippen LogP contribution in [0.4, 0.5) is 0 Å². The lowest BCUT2D eigenvalue weighted by atomic mass is 10.1. The van der Waals surface area contributed by atoms with Gasteiger partial charge in [0.1, 0.15) is 17.1 Å². The van der Waals surface area contributed by atoms with Crippen molar-refractivity contribution in [2.24, 2.45) is 0 Å². The van der Waals surface area contributed by atoms with Gasteiger partial charge in [0.05, 0.1) is 12.2 Å². The number of hydrogen-bond donors (Lipinski definition) is 1. The van der Waals surface area contributed by atoms with Crippen molar-refractivity contribution >= 4 is 11.0 Å². The van der Waals surface area contributed by atoms with E-state index in [1.54, 1.807) is 13.0 Å². The van der Waals surface area contributed by atoms with Gasteiger partial charge in [-0.3, -0.25) is 0 Å². The molecule has 1 N–H and O–H groups in total. The second-order valence-corrected chi connectivity index (χ2v) is 6.26. The molecule has 0 aliphatic carbocycles. The molecule has 0 saturated heterocycles. The molecule has 2 heterocycles. The summed E-state index contributed by atoms with van der Waals surface area (Å²) >= 11 is 0. The number of hydrogen-bond acceptors (Lipinski definition) is 5. The minimum atomic E-state index is -0.577. The van der Waals surface area contributed by atoms with Gasteiger partial charge in [0.25, 0.3) is 0 Å². The molecule has 2 aromatic heterocycles. The molecule has 0 bridgehead atoms. The van der Waals surface area contributed by atoms with Gasteiger partial charge in [-0.1, -0.05) is 6.08 Å². The highest BCUT2D eigenvalue weighted by atomic mass is 16.5. The molecule has 0 radical (unpaired) electrons. The van der Waals surface area contributed by atoms with E-state index in [1.807, 2.05) is 24.3 Å². The van der Waals surface area contributed by atoms with Gasteiger partial charge < -0.3 is 18.7 Å². The number of allylic oxidation sites excluding steroid dienone is 1. The highest BCUT2D eigenvalue weighted by Crippen LogP contribution is 2.34. The molecule has 5 nitrogen and oxygen atoms in total. The molecule has 0 spiro atoms. The van der Waals surface area contributed by atoms with Crippen LogP contribution in [-0.2, 0) is 0 Å². The van der Waals surface area contributed by atoms with Gasteiger partial charge in [-0.05, 0) is 57.4 Å². The zero-order valence-electron chi connectivity index (χ0n) is 15.0. The van der Waals surface area contributed by atoms with Crippen molar-refractivity contribution in [2.75, 3.05) is 6.61 Å². The molecule has 0 aliphatic rings. The van der Waals surface area contributed by atoms with Gasteiger partial charge in [0.2, 0.25) is 0 Å². The fourth-order valence-corrected chi connectivity index (χ4v) is 2.77. The number of unbranched alkanes of at least 4 members (excludes halogenated alkanes) is 2. The molecular formula is C21H22O5. The Hall–Kier alpha value is -2.95. The van der Waals surface area contributed by atoms with Crippen molar-refractivity contribution in [3.8, 4) is 23.0 Å². The van der Waals surface area contributed by atoms with Crippen LogP contribution in [0.2, 0.25) is 0 Å². The van der Waals surface area contributed by atoms with Gasteiger partial charge in [0, 0.05) is 10.9 Å². The summed E-state index contributed by atoms with van der Waals surface area (Å²) in [5, 5.41) is 10.9. The van der Waals surface area contributed by atoms with Crippen molar-refractivity contribution in [1.82, 2.24) is 0 Å². The van der Waals surface area contributed by atoms with E-state index >= 15 is 0 Å². The quantitative estimate of drug-likeness (QED) is 0.471. The Kier molecular flexibility index (Phi) is 5.16. The summed E-state index contributed by atoms with van der Waals surface area (Å²) < 4.78 is 16.9. The molecule has 0 atom stereocenters. The van der Waals surface area contributed by atoms with Crippen LogP contribution in [0.25, 0.3) is 22.5 Å². The highest BCUT2D eigenvalue weighted by Gasteiger charge is 2.18. The van der Waals surface area contributed by atoms with Crippen LogP contribution in [0, 0.1) is 13.8 Å². The van der Waals surface area contributed by atoms with Crippen LogP contribution in [0.5, 0.6) is 11.5 Å². The molecular weight excluding hydrogens is 332 g/mol. The van der Waals surface area contributed by atoms with E-state index in [2.05, 4.69) is 6.58 Å². The maximum atomic E-state index is 11.9. The Morgan fingerprint density at radius 1 is 1.15 bits per heavy atom. The zero-order valence-corrected chi connectivity index (χ0v) is 15.0. The van der Waals surface area contributed by atoms with Gasteiger partial charge >= 0.3 is 5.63 Å². The fraction of sp³-hybridized carbons (Fsp3) is 0.286. The smallest absolute Gasteiger partial charge is 0.343 e. The lowest BCUT2D eigenvalue weighted by Gasteiger charge is -2.05. The first kappa shape index (κ1) is 17.9. The first-order valence-corrected chi connectivity index (χ1v) is 8.62. The molecule has 3 rings (SSSR count). The van der Waals surface area contributed by atoms with E-state index in [-0.39, 0.29) is 17.1 Å². The Bertz CT molecular complexity index is 994. The van der Waals surface area contributed by atoms with Crippen LogP contribution in [0.3, 0.4) is 0 Å².